The molecule has 0 atom stereocenters. The molecule has 0 aromatic heterocycles. The Morgan fingerprint density at radius 3 is 2.81 bits per heavy atom. The van der Waals surface area contributed by atoms with E-state index in [4.69, 9.17) is 20.5 Å². The number of benzene rings is 2. The van der Waals surface area contributed by atoms with Crippen LogP contribution < -0.4 is 10.5 Å². The third-order valence-corrected chi connectivity index (χ3v) is 2.86. The average Bonchev–Trinajstić information content (AvgIpc) is 2.52. The Bertz CT molecular complexity index is 705. The summed E-state index contributed by atoms with van der Waals surface area (Å²) in [4.78, 5) is 11.7. The summed E-state index contributed by atoms with van der Waals surface area (Å²) in [5.41, 5.74) is 7.89. The Kier molecular flexibility index (Phi) is 4.42. The highest BCUT2D eigenvalue weighted by molar-refractivity contribution is 5.93. The summed E-state index contributed by atoms with van der Waals surface area (Å²) in [6.45, 7) is 0.225. The zero-order valence-corrected chi connectivity index (χ0v) is 11.5. The number of esters is 1. The number of hydrogen-bond donors (Lipinski definition) is 1. The molecule has 0 aliphatic heterocycles. The van der Waals surface area contributed by atoms with Crippen LogP contribution in [0.5, 0.6) is 5.75 Å². The molecule has 0 bridgehead atoms. The minimum atomic E-state index is -0.490. The molecule has 0 aliphatic carbocycles. The van der Waals surface area contributed by atoms with E-state index in [-0.39, 0.29) is 6.61 Å². The largest absolute Gasteiger partial charge is 0.488 e. The number of anilines is 1. The molecule has 0 fully saturated rings. The molecule has 0 amide bonds. The van der Waals surface area contributed by atoms with Gasteiger partial charge in [0, 0.05) is 11.8 Å². The van der Waals surface area contributed by atoms with Crippen molar-refractivity contribution in [2.45, 2.75) is 6.61 Å². The molecular formula is C16H14N2O3. The van der Waals surface area contributed by atoms with Gasteiger partial charge in [0.25, 0.3) is 0 Å². The molecular weight excluding hydrogens is 268 g/mol. The summed E-state index contributed by atoms with van der Waals surface area (Å²) in [6, 6.07) is 13.9. The average molecular weight is 282 g/mol. The number of rotatable bonds is 4. The highest BCUT2D eigenvalue weighted by Gasteiger charge is 2.13. The number of methoxy groups -OCH3 is 1. The summed E-state index contributed by atoms with van der Waals surface area (Å²) in [6.07, 6.45) is 0. The zero-order valence-electron chi connectivity index (χ0n) is 11.5. The van der Waals surface area contributed by atoms with Crippen molar-refractivity contribution in [2.24, 2.45) is 0 Å². The first-order valence-corrected chi connectivity index (χ1v) is 6.23. The fraction of sp³-hybridized carbons (Fsp3) is 0.125. The number of nitrogens with two attached hydrogens (primary N) is 1. The minimum Gasteiger partial charge on any atom is -0.488 e. The van der Waals surface area contributed by atoms with Crippen molar-refractivity contribution in [3.8, 4) is 11.8 Å². The standard InChI is InChI=1S/C16H14N2O3/c1-20-16(19)14-6-5-13(18)8-15(14)21-10-12-4-2-3-11(7-12)9-17/h2-8H,10,18H2,1H3. The molecule has 0 saturated heterocycles. The van der Waals surface area contributed by atoms with Crippen LogP contribution in [0.15, 0.2) is 42.5 Å². The van der Waals surface area contributed by atoms with E-state index in [0.717, 1.165) is 5.56 Å². The maximum atomic E-state index is 11.7. The number of carbonyl (C=O) groups excluding carboxylic acids is 1. The predicted molar refractivity (Wildman–Crippen MR) is 77.7 cm³/mol. The van der Waals surface area contributed by atoms with E-state index in [0.29, 0.717) is 22.6 Å². The van der Waals surface area contributed by atoms with Crippen molar-refractivity contribution in [1.82, 2.24) is 0 Å². The van der Waals surface area contributed by atoms with Crippen LogP contribution in [0.25, 0.3) is 0 Å². The number of nitrogen functional groups attached to an aromatic ring is 1. The Balaban J connectivity index is 2.21. The van der Waals surface area contributed by atoms with Gasteiger partial charge in [-0.3, -0.25) is 0 Å². The Morgan fingerprint density at radius 1 is 1.29 bits per heavy atom. The van der Waals surface area contributed by atoms with Gasteiger partial charge in [0.15, 0.2) is 0 Å². The molecule has 0 saturated carbocycles. The maximum absolute atomic E-state index is 11.7. The third-order valence-electron chi connectivity index (χ3n) is 2.86. The van der Waals surface area contributed by atoms with Gasteiger partial charge in [0.2, 0.25) is 0 Å². The number of nitrogens with zero attached hydrogens (tertiary/aromatic N) is 1. The predicted octanol–water partition coefficient (Wildman–Crippen LogP) is 2.51. The van der Waals surface area contributed by atoms with Gasteiger partial charge in [0.05, 0.1) is 18.7 Å². The van der Waals surface area contributed by atoms with Crippen molar-refractivity contribution >= 4 is 11.7 Å². The SMILES string of the molecule is COC(=O)c1ccc(N)cc1OCc1cccc(C#N)c1. The second-order valence-electron chi connectivity index (χ2n) is 4.35. The van der Waals surface area contributed by atoms with Crippen LogP contribution in [0.1, 0.15) is 21.5 Å². The maximum Gasteiger partial charge on any atom is 0.341 e. The quantitative estimate of drug-likeness (QED) is 0.688. The summed E-state index contributed by atoms with van der Waals surface area (Å²) < 4.78 is 10.3. The molecule has 5 nitrogen and oxygen atoms in total. The van der Waals surface area contributed by atoms with Gasteiger partial charge in [-0.25, -0.2) is 4.79 Å². The molecule has 0 spiro atoms. The lowest BCUT2D eigenvalue weighted by Gasteiger charge is -2.11. The van der Waals surface area contributed by atoms with Gasteiger partial charge in [-0.05, 0) is 29.8 Å². The fourth-order valence-corrected chi connectivity index (χ4v) is 1.83. The lowest BCUT2D eigenvalue weighted by molar-refractivity contribution is 0.0595. The smallest absolute Gasteiger partial charge is 0.341 e. The molecule has 0 heterocycles. The van der Waals surface area contributed by atoms with Crippen molar-refractivity contribution in [3.63, 3.8) is 0 Å². The lowest BCUT2D eigenvalue weighted by atomic mass is 10.1. The first-order valence-electron chi connectivity index (χ1n) is 6.23. The number of ether oxygens (including phenoxy) is 2. The van der Waals surface area contributed by atoms with Crippen molar-refractivity contribution in [1.29, 1.82) is 5.26 Å². The monoisotopic (exact) mass is 282 g/mol. The van der Waals surface area contributed by atoms with Crippen LogP contribution in [0.4, 0.5) is 5.69 Å². The highest BCUT2D eigenvalue weighted by atomic mass is 16.5. The first kappa shape index (κ1) is 14.4. The molecule has 2 aromatic carbocycles. The van der Waals surface area contributed by atoms with Crippen molar-refractivity contribution in [2.75, 3.05) is 12.8 Å². The fourth-order valence-electron chi connectivity index (χ4n) is 1.83. The molecule has 5 heteroatoms. The Morgan fingerprint density at radius 2 is 2.10 bits per heavy atom. The molecule has 0 unspecified atom stereocenters. The van der Waals surface area contributed by atoms with Gasteiger partial charge in [-0.15, -0.1) is 0 Å². The van der Waals surface area contributed by atoms with Crippen LogP contribution in [0.2, 0.25) is 0 Å². The van der Waals surface area contributed by atoms with Gasteiger partial charge in [-0.1, -0.05) is 12.1 Å². The van der Waals surface area contributed by atoms with Crippen LogP contribution in [0.3, 0.4) is 0 Å². The van der Waals surface area contributed by atoms with E-state index in [2.05, 4.69) is 6.07 Å². The minimum absolute atomic E-state index is 0.225. The van der Waals surface area contributed by atoms with E-state index in [9.17, 15) is 4.79 Å². The van der Waals surface area contributed by atoms with E-state index in [1.165, 1.54) is 7.11 Å². The van der Waals surface area contributed by atoms with Gasteiger partial charge < -0.3 is 15.2 Å². The Labute approximate surface area is 122 Å². The molecule has 2 aromatic rings. The van der Waals surface area contributed by atoms with Crippen LogP contribution >= 0.6 is 0 Å². The number of carbonyl (C=O) groups is 1. The van der Waals surface area contributed by atoms with Crippen LogP contribution in [-0.2, 0) is 11.3 Å². The molecule has 21 heavy (non-hydrogen) atoms. The van der Waals surface area contributed by atoms with Crippen LogP contribution in [0, 0.1) is 11.3 Å². The molecule has 2 rings (SSSR count). The lowest BCUT2D eigenvalue weighted by Crippen LogP contribution is -2.06. The van der Waals surface area contributed by atoms with E-state index in [1.807, 2.05) is 6.07 Å². The van der Waals surface area contributed by atoms with Crippen molar-refractivity contribution < 1.29 is 14.3 Å². The first-order chi connectivity index (χ1) is 10.1. The summed E-state index contributed by atoms with van der Waals surface area (Å²) >= 11 is 0. The van der Waals surface area contributed by atoms with Gasteiger partial charge in [-0.2, -0.15) is 5.26 Å². The topological polar surface area (TPSA) is 85.3 Å². The molecule has 0 aliphatic rings. The van der Waals surface area contributed by atoms with E-state index >= 15 is 0 Å². The zero-order chi connectivity index (χ0) is 15.2. The van der Waals surface area contributed by atoms with E-state index in [1.54, 1.807) is 36.4 Å². The van der Waals surface area contributed by atoms with Gasteiger partial charge in [0.1, 0.15) is 17.9 Å². The summed E-state index contributed by atoms with van der Waals surface area (Å²) in [5.74, 6) is -0.139. The number of nitriles is 1. The second kappa shape index (κ2) is 6.44. The molecule has 0 radical (unpaired) electrons. The van der Waals surface area contributed by atoms with Gasteiger partial charge >= 0.3 is 5.97 Å². The van der Waals surface area contributed by atoms with Crippen LogP contribution in [-0.4, -0.2) is 13.1 Å². The number of hydrogen-bond acceptors (Lipinski definition) is 5. The Hall–Kier alpha value is -3.00. The summed E-state index contributed by atoms with van der Waals surface area (Å²) in [7, 11) is 1.30. The van der Waals surface area contributed by atoms with Crippen molar-refractivity contribution in [3.05, 3.63) is 59.2 Å². The highest BCUT2D eigenvalue weighted by Crippen LogP contribution is 2.23. The second-order valence-corrected chi connectivity index (χ2v) is 4.35. The summed E-state index contributed by atoms with van der Waals surface area (Å²) in [5, 5.41) is 8.86. The molecule has 106 valence electrons. The van der Waals surface area contributed by atoms with E-state index < -0.39 is 5.97 Å². The molecule has 2 N–H and O–H groups in total. The third kappa shape index (κ3) is 3.51. The normalized spacial score (nSPS) is 9.71.